The van der Waals surface area contributed by atoms with Gasteiger partial charge in [-0.15, -0.1) is 0 Å². The molecule has 0 fully saturated rings. The van der Waals surface area contributed by atoms with Crippen LogP contribution in [0.15, 0.2) is 48.9 Å². The number of fused-ring (bicyclic) bond motifs is 1. The van der Waals surface area contributed by atoms with Crippen molar-refractivity contribution in [2.45, 2.75) is 13.3 Å². The van der Waals surface area contributed by atoms with Gasteiger partial charge in [-0.2, -0.15) is 9.65 Å². The molecule has 166 valence electrons. The van der Waals surface area contributed by atoms with E-state index in [1.54, 1.807) is 29.7 Å². The minimum atomic E-state index is -1.15. The van der Waals surface area contributed by atoms with Gasteiger partial charge in [-0.05, 0) is 42.8 Å². The summed E-state index contributed by atoms with van der Waals surface area (Å²) in [6.45, 7) is 1.64. The molecular formula is C23H17F2N5O3. The number of rotatable bonds is 7. The average molecular weight is 449 g/mol. The third kappa shape index (κ3) is 4.16. The molecular weight excluding hydrogens is 432 g/mol. The smallest absolute Gasteiger partial charge is 0.335 e. The number of aryl methyl sites for hydroxylation is 1. The van der Waals surface area contributed by atoms with Gasteiger partial charge in [0.1, 0.15) is 6.61 Å². The van der Waals surface area contributed by atoms with Crippen molar-refractivity contribution >= 4 is 23.1 Å². The first-order valence-corrected chi connectivity index (χ1v) is 9.82. The van der Waals surface area contributed by atoms with E-state index in [0.29, 0.717) is 28.4 Å². The van der Waals surface area contributed by atoms with Crippen LogP contribution in [0, 0.1) is 29.9 Å². The van der Waals surface area contributed by atoms with Gasteiger partial charge in [0.15, 0.2) is 23.0 Å². The molecule has 0 bridgehead atoms. The second-order valence-electron chi connectivity index (χ2n) is 7.07. The molecule has 0 amide bonds. The second-order valence-corrected chi connectivity index (χ2v) is 7.07. The van der Waals surface area contributed by atoms with Crippen LogP contribution in [0.1, 0.15) is 22.3 Å². The maximum atomic E-state index is 14.8. The highest BCUT2D eigenvalue weighted by Gasteiger charge is 2.19. The zero-order chi connectivity index (χ0) is 23.5. The lowest BCUT2D eigenvalue weighted by Crippen LogP contribution is -2.03. The number of hydrogen-bond acceptors (Lipinski definition) is 6. The standard InChI is InChI=1S/C23H17F2N5O3/c1-13-11-14(3-4-15(13)23(31)32)29-21-22-28-12-17(30(22)9-8-27-21)16-5-6-18(20(25)19(16)24)33-10-2-7-26/h3-6,8-9,11-12H,2,10H2,1H3,(H,27,29)(H,31,32). The molecule has 2 aromatic heterocycles. The van der Waals surface area contributed by atoms with E-state index in [-0.39, 0.29) is 29.9 Å². The summed E-state index contributed by atoms with van der Waals surface area (Å²) >= 11 is 0. The Labute approximate surface area is 186 Å². The summed E-state index contributed by atoms with van der Waals surface area (Å²) in [6.07, 6.45) is 4.50. The number of carboxylic acids is 1. The van der Waals surface area contributed by atoms with E-state index in [1.165, 1.54) is 30.6 Å². The number of carbonyl (C=O) groups is 1. The Bertz CT molecular complexity index is 1410. The monoisotopic (exact) mass is 449 g/mol. The SMILES string of the molecule is Cc1cc(Nc2nccn3c(-c4ccc(OCCC#N)c(F)c4F)cnc23)ccc1C(=O)O. The van der Waals surface area contributed by atoms with Gasteiger partial charge in [0.25, 0.3) is 0 Å². The third-order valence-corrected chi connectivity index (χ3v) is 4.94. The molecule has 33 heavy (non-hydrogen) atoms. The van der Waals surface area contributed by atoms with E-state index in [0.717, 1.165) is 0 Å². The highest BCUT2D eigenvalue weighted by Crippen LogP contribution is 2.31. The zero-order valence-electron chi connectivity index (χ0n) is 17.3. The number of imidazole rings is 1. The van der Waals surface area contributed by atoms with Crippen LogP contribution in [-0.2, 0) is 0 Å². The topological polar surface area (TPSA) is 113 Å². The van der Waals surface area contributed by atoms with Crippen LogP contribution in [0.3, 0.4) is 0 Å². The number of benzene rings is 2. The minimum Gasteiger partial charge on any atom is -0.489 e. The van der Waals surface area contributed by atoms with Crippen LogP contribution in [0.25, 0.3) is 16.9 Å². The van der Waals surface area contributed by atoms with E-state index >= 15 is 0 Å². The maximum absolute atomic E-state index is 14.8. The van der Waals surface area contributed by atoms with Gasteiger partial charge in [0, 0.05) is 23.6 Å². The van der Waals surface area contributed by atoms with Crippen molar-refractivity contribution in [3.05, 3.63) is 71.7 Å². The number of carboxylic acid groups (broad SMARTS) is 1. The molecule has 0 aliphatic heterocycles. The molecule has 2 aromatic carbocycles. The first-order valence-electron chi connectivity index (χ1n) is 9.82. The van der Waals surface area contributed by atoms with E-state index in [2.05, 4.69) is 15.3 Å². The molecule has 0 aliphatic carbocycles. The van der Waals surface area contributed by atoms with Gasteiger partial charge in [0.05, 0.1) is 29.9 Å². The largest absolute Gasteiger partial charge is 0.489 e. The van der Waals surface area contributed by atoms with Crippen LogP contribution >= 0.6 is 0 Å². The van der Waals surface area contributed by atoms with Crippen molar-refractivity contribution in [2.24, 2.45) is 0 Å². The summed E-state index contributed by atoms with van der Waals surface area (Å²) in [4.78, 5) is 19.8. The number of ether oxygens (including phenoxy) is 1. The molecule has 2 heterocycles. The number of aromatic carboxylic acids is 1. The van der Waals surface area contributed by atoms with Crippen molar-refractivity contribution in [1.82, 2.24) is 14.4 Å². The Morgan fingerprint density at radius 1 is 1.24 bits per heavy atom. The third-order valence-electron chi connectivity index (χ3n) is 4.94. The second kappa shape index (κ2) is 8.92. The van der Waals surface area contributed by atoms with Crippen LogP contribution in [-0.4, -0.2) is 32.1 Å². The minimum absolute atomic E-state index is 0.0218. The lowest BCUT2D eigenvalue weighted by atomic mass is 10.1. The van der Waals surface area contributed by atoms with E-state index in [9.17, 15) is 18.7 Å². The Morgan fingerprint density at radius 2 is 2.06 bits per heavy atom. The van der Waals surface area contributed by atoms with E-state index < -0.39 is 17.6 Å². The van der Waals surface area contributed by atoms with Crippen molar-refractivity contribution in [3.8, 4) is 23.1 Å². The zero-order valence-corrected chi connectivity index (χ0v) is 17.3. The molecule has 0 saturated carbocycles. The number of nitrogens with one attached hydrogen (secondary N) is 1. The molecule has 4 aromatic rings. The van der Waals surface area contributed by atoms with Gasteiger partial charge < -0.3 is 15.2 Å². The molecule has 0 unspecified atom stereocenters. The molecule has 0 radical (unpaired) electrons. The predicted molar refractivity (Wildman–Crippen MR) is 115 cm³/mol. The summed E-state index contributed by atoms with van der Waals surface area (Å²) < 4.78 is 36.0. The van der Waals surface area contributed by atoms with Crippen molar-refractivity contribution < 1.29 is 23.4 Å². The number of nitriles is 1. The average Bonchev–Trinajstić information content (AvgIpc) is 3.22. The highest BCUT2D eigenvalue weighted by molar-refractivity contribution is 5.90. The first kappa shape index (κ1) is 21.7. The van der Waals surface area contributed by atoms with Crippen LogP contribution < -0.4 is 10.1 Å². The van der Waals surface area contributed by atoms with Gasteiger partial charge in [-0.1, -0.05) is 0 Å². The summed E-state index contributed by atoms with van der Waals surface area (Å²) in [5.41, 5.74) is 1.99. The number of anilines is 2. The Hall–Kier alpha value is -4.52. The summed E-state index contributed by atoms with van der Waals surface area (Å²) in [5, 5.41) is 20.8. The fourth-order valence-electron chi connectivity index (χ4n) is 3.37. The van der Waals surface area contributed by atoms with E-state index in [4.69, 9.17) is 10.00 Å². The van der Waals surface area contributed by atoms with E-state index in [1.807, 2.05) is 6.07 Å². The van der Waals surface area contributed by atoms with Crippen molar-refractivity contribution in [1.29, 1.82) is 5.26 Å². The Morgan fingerprint density at radius 3 is 2.79 bits per heavy atom. The molecule has 2 N–H and O–H groups in total. The van der Waals surface area contributed by atoms with Crippen LogP contribution in [0.2, 0.25) is 0 Å². The molecule has 8 nitrogen and oxygen atoms in total. The fourth-order valence-corrected chi connectivity index (χ4v) is 3.37. The normalized spacial score (nSPS) is 10.7. The number of halogens is 2. The Balaban J connectivity index is 1.68. The van der Waals surface area contributed by atoms with Gasteiger partial charge in [-0.3, -0.25) is 4.40 Å². The van der Waals surface area contributed by atoms with Gasteiger partial charge >= 0.3 is 5.97 Å². The summed E-state index contributed by atoms with van der Waals surface area (Å²) in [5.74, 6) is -3.19. The maximum Gasteiger partial charge on any atom is 0.335 e. The predicted octanol–water partition coefficient (Wildman–Crippen LogP) is 4.72. The molecule has 0 saturated heterocycles. The number of hydrogen-bond donors (Lipinski definition) is 2. The number of aromatic nitrogens is 3. The number of nitrogens with zero attached hydrogens (tertiary/aromatic N) is 4. The van der Waals surface area contributed by atoms with Gasteiger partial charge in [-0.25, -0.2) is 19.2 Å². The lowest BCUT2D eigenvalue weighted by molar-refractivity contribution is 0.0696. The van der Waals surface area contributed by atoms with Crippen molar-refractivity contribution in [3.63, 3.8) is 0 Å². The van der Waals surface area contributed by atoms with Gasteiger partial charge in [0.2, 0.25) is 5.82 Å². The molecule has 10 heteroatoms. The summed E-state index contributed by atoms with van der Waals surface area (Å²) in [7, 11) is 0. The first-order chi connectivity index (χ1) is 15.9. The lowest BCUT2D eigenvalue weighted by Gasteiger charge is -2.11. The molecule has 0 spiro atoms. The molecule has 0 aliphatic rings. The Kier molecular flexibility index (Phi) is 5.87. The fraction of sp³-hybridized carbons (Fsp3) is 0.130. The quantitative estimate of drug-likeness (QED) is 0.393. The van der Waals surface area contributed by atoms with Crippen molar-refractivity contribution in [2.75, 3.05) is 11.9 Å². The van der Waals surface area contributed by atoms with Crippen LogP contribution in [0.5, 0.6) is 5.75 Å². The molecule has 0 atom stereocenters. The highest BCUT2D eigenvalue weighted by atomic mass is 19.2. The molecule has 4 rings (SSSR count). The van der Waals surface area contributed by atoms with Crippen LogP contribution in [0.4, 0.5) is 20.3 Å². The summed E-state index contributed by atoms with van der Waals surface area (Å²) in [6, 6.07) is 9.30.